The van der Waals surface area contributed by atoms with Gasteiger partial charge in [0.25, 0.3) is 0 Å². The number of aliphatic imine (C=N–C) groups is 1. The largest absolute Gasteiger partial charge is 0.453 e. The van der Waals surface area contributed by atoms with Crippen molar-refractivity contribution < 1.29 is 19.1 Å². The summed E-state index contributed by atoms with van der Waals surface area (Å²) < 4.78 is 10.2. The summed E-state index contributed by atoms with van der Waals surface area (Å²) in [7, 11) is 3.12. The zero-order valence-electron chi connectivity index (χ0n) is 18.2. The summed E-state index contributed by atoms with van der Waals surface area (Å²) in [4.78, 5) is 31.5. The van der Waals surface area contributed by atoms with Crippen LogP contribution in [0.1, 0.15) is 47.0 Å². The molecule has 1 rings (SSSR count). The zero-order chi connectivity index (χ0) is 21.2. The molecule has 162 valence electrons. The summed E-state index contributed by atoms with van der Waals surface area (Å²) in [5, 5.41) is 6.63. The molecule has 1 aliphatic rings. The Morgan fingerprint density at radius 2 is 1.86 bits per heavy atom. The maximum Gasteiger partial charge on any atom is 0.410 e. The monoisotopic (exact) mass is 399 g/mol. The fourth-order valence-corrected chi connectivity index (χ4v) is 2.92. The van der Waals surface area contributed by atoms with Crippen LogP contribution >= 0.6 is 0 Å². The number of rotatable bonds is 6. The molecule has 1 saturated heterocycles. The van der Waals surface area contributed by atoms with Gasteiger partial charge in [0, 0.05) is 45.8 Å². The molecule has 0 radical (unpaired) electrons. The number of likely N-dealkylation sites (tertiary alicyclic amines) is 1. The lowest BCUT2D eigenvalue weighted by atomic mass is 10.1. The predicted octanol–water partition coefficient (Wildman–Crippen LogP) is 2.03. The van der Waals surface area contributed by atoms with E-state index in [-0.39, 0.29) is 18.2 Å². The third-order valence-electron chi connectivity index (χ3n) is 4.31. The summed E-state index contributed by atoms with van der Waals surface area (Å²) in [6.07, 6.45) is 1.95. The van der Waals surface area contributed by atoms with Crippen molar-refractivity contribution in [2.24, 2.45) is 4.99 Å². The predicted molar refractivity (Wildman–Crippen MR) is 110 cm³/mol. The molecule has 28 heavy (non-hydrogen) atoms. The molecule has 2 amide bonds. The second-order valence-corrected chi connectivity index (χ2v) is 7.84. The Morgan fingerprint density at radius 1 is 1.21 bits per heavy atom. The van der Waals surface area contributed by atoms with Crippen molar-refractivity contribution >= 4 is 18.1 Å². The van der Waals surface area contributed by atoms with E-state index in [9.17, 15) is 9.59 Å². The first-order chi connectivity index (χ1) is 13.2. The average Bonchev–Trinajstić information content (AvgIpc) is 2.64. The molecule has 0 aliphatic carbocycles. The number of hydrogen-bond acceptors (Lipinski definition) is 5. The molecule has 1 heterocycles. The minimum atomic E-state index is -0.507. The Kier molecular flexibility index (Phi) is 9.89. The molecule has 1 aliphatic heterocycles. The third-order valence-corrected chi connectivity index (χ3v) is 4.31. The number of ether oxygens (including phenoxy) is 2. The first-order valence-electron chi connectivity index (χ1n) is 9.98. The van der Waals surface area contributed by atoms with Gasteiger partial charge in [-0.2, -0.15) is 0 Å². The van der Waals surface area contributed by atoms with E-state index in [4.69, 9.17) is 9.47 Å². The highest BCUT2D eigenvalue weighted by Gasteiger charge is 2.24. The number of methoxy groups -OCH3 is 1. The summed E-state index contributed by atoms with van der Waals surface area (Å²) in [6, 6.07) is 0.240. The van der Waals surface area contributed by atoms with E-state index in [2.05, 4.69) is 15.6 Å². The number of nitrogens with zero attached hydrogens (tertiary/aromatic N) is 3. The normalized spacial score (nSPS) is 15.8. The van der Waals surface area contributed by atoms with Crippen LogP contribution in [0, 0.1) is 0 Å². The Morgan fingerprint density at radius 3 is 2.36 bits per heavy atom. The fourth-order valence-electron chi connectivity index (χ4n) is 2.92. The van der Waals surface area contributed by atoms with Gasteiger partial charge < -0.3 is 29.9 Å². The Hall–Kier alpha value is -2.19. The zero-order valence-corrected chi connectivity index (χ0v) is 18.2. The first-order valence-corrected chi connectivity index (χ1v) is 9.98. The molecule has 0 aromatic carbocycles. The number of carbonyl (C=O) groups is 2. The first kappa shape index (κ1) is 23.8. The molecule has 1 fully saturated rings. The number of nitrogens with one attached hydrogen (secondary N) is 2. The van der Waals surface area contributed by atoms with Crippen LogP contribution in [0.4, 0.5) is 9.59 Å². The third kappa shape index (κ3) is 8.67. The molecule has 0 aromatic rings. The quantitative estimate of drug-likeness (QED) is 0.524. The van der Waals surface area contributed by atoms with Crippen molar-refractivity contribution in [3.8, 4) is 0 Å². The molecular weight excluding hydrogens is 362 g/mol. The van der Waals surface area contributed by atoms with Gasteiger partial charge in [0.15, 0.2) is 5.96 Å². The van der Waals surface area contributed by atoms with Gasteiger partial charge in [-0.1, -0.05) is 6.92 Å². The highest BCUT2D eigenvalue weighted by Crippen LogP contribution is 2.11. The van der Waals surface area contributed by atoms with Crippen LogP contribution in [0.2, 0.25) is 0 Å². The molecule has 9 nitrogen and oxygen atoms in total. The van der Waals surface area contributed by atoms with Crippen LogP contribution in [0.5, 0.6) is 0 Å². The molecule has 9 heteroatoms. The minimum Gasteiger partial charge on any atom is -0.453 e. The average molecular weight is 400 g/mol. The number of piperidine rings is 1. The molecular formula is C19H37N5O4. The molecule has 0 atom stereocenters. The topological polar surface area (TPSA) is 95.5 Å². The fraction of sp³-hybridized carbons (Fsp3) is 0.842. The van der Waals surface area contributed by atoms with E-state index in [0.717, 1.165) is 19.3 Å². The van der Waals surface area contributed by atoms with E-state index < -0.39 is 5.60 Å². The van der Waals surface area contributed by atoms with Gasteiger partial charge in [0.1, 0.15) is 5.60 Å². The smallest absolute Gasteiger partial charge is 0.410 e. The van der Waals surface area contributed by atoms with Gasteiger partial charge in [-0.15, -0.1) is 0 Å². The van der Waals surface area contributed by atoms with E-state index in [0.29, 0.717) is 38.7 Å². The van der Waals surface area contributed by atoms with E-state index in [1.54, 1.807) is 16.8 Å². The highest BCUT2D eigenvalue weighted by atomic mass is 16.6. The standard InChI is InChI=1S/C19H37N5O4/c1-7-11-23(18(26)28-19(2,3)4)14-10-21-16(20-5)22-15-8-12-24(13-9-15)17(25)27-6/h15H,7-14H2,1-6H3,(H2,20,21,22). The summed E-state index contributed by atoms with van der Waals surface area (Å²) in [5.41, 5.74) is -0.507. The second-order valence-electron chi connectivity index (χ2n) is 7.84. The van der Waals surface area contributed by atoms with Crippen molar-refractivity contribution in [1.82, 2.24) is 20.4 Å². The van der Waals surface area contributed by atoms with Crippen LogP contribution in [-0.2, 0) is 9.47 Å². The van der Waals surface area contributed by atoms with Crippen LogP contribution in [0.3, 0.4) is 0 Å². The molecule has 0 unspecified atom stereocenters. The molecule has 0 spiro atoms. The van der Waals surface area contributed by atoms with Crippen LogP contribution in [0.25, 0.3) is 0 Å². The summed E-state index contributed by atoms with van der Waals surface area (Å²) >= 11 is 0. The van der Waals surface area contributed by atoms with Gasteiger partial charge in [-0.3, -0.25) is 4.99 Å². The summed E-state index contributed by atoms with van der Waals surface area (Å²) in [5.74, 6) is 0.692. The molecule has 0 saturated carbocycles. The van der Waals surface area contributed by atoms with Gasteiger partial charge in [-0.25, -0.2) is 9.59 Å². The number of guanidine groups is 1. The van der Waals surface area contributed by atoms with Crippen molar-refractivity contribution in [3.05, 3.63) is 0 Å². The van der Waals surface area contributed by atoms with E-state index in [1.807, 2.05) is 27.7 Å². The lowest BCUT2D eigenvalue weighted by Gasteiger charge is -2.32. The Balaban J connectivity index is 2.42. The number of carbonyl (C=O) groups excluding carboxylic acids is 2. The van der Waals surface area contributed by atoms with E-state index in [1.165, 1.54) is 7.11 Å². The van der Waals surface area contributed by atoms with Gasteiger partial charge in [0.05, 0.1) is 7.11 Å². The van der Waals surface area contributed by atoms with Gasteiger partial charge in [-0.05, 0) is 40.0 Å². The Labute approximate surface area is 168 Å². The van der Waals surface area contributed by atoms with Crippen LogP contribution in [0.15, 0.2) is 4.99 Å². The molecule has 2 N–H and O–H groups in total. The Bertz CT molecular complexity index is 525. The maximum atomic E-state index is 12.3. The SMILES string of the molecule is CCCN(CCNC(=NC)NC1CCN(C(=O)OC)CC1)C(=O)OC(C)(C)C. The van der Waals surface area contributed by atoms with E-state index >= 15 is 0 Å². The number of amides is 2. The highest BCUT2D eigenvalue weighted by molar-refractivity contribution is 5.80. The van der Waals surface area contributed by atoms with Crippen molar-refractivity contribution in [2.75, 3.05) is 46.9 Å². The molecule has 0 aromatic heterocycles. The molecule has 0 bridgehead atoms. The van der Waals surface area contributed by atoms with Crippen LogP contribution in [-0.4, -0.2) is 86.5 Å². The number of hydrogen-bond donors (Lipinski definition) is 2. The van der Waals surface area contributed by atoms with Crippen molar-refractivity contribution in [3.63, 3.8) is 0 Å². The lowest BCUT2D eigenvalue weighted by molar-refractivity contribution is 0.0253. The summed E-state index contributed by atoms with van der Waals surface area (Å²) in [6.45, 7) is 10.7. The maximum absolute atomic E-state index is 12.3. The van der Waals surface area contributed by atoms with Crippen molar-refractivity contribution in [1.29, 1.82) is 0 Å². The van der Waals surface area contributed by atoms with Gasteiger partial charge >= 0.3 is 12.2 Å². The van der Waals surface area contributed by atoms with Crippen LogP contribution < -0.4 is 10.6 Å². The minimum absolute atomic E-state index is 0.240. The van der Waals surface area contributed by atoms with Gasteiger partial charge in [0.2, 0.25) is 0 Å². The second kappa shape index (κ2) is 11.6. The lowest BCUT2D eigenvalue weighted by Crippen LogP contribution is -2.51. The van der Waals surface area contributed by atoms with Crippen molar-refractivity contribution in [2.45, 2.75) is 58.6 Å².